The number of hydrogen-bond donors (Lipinski definition) is 0. The van der Waals surface area contributed by atoms with Gasteiger partial charge in [0.15, 0.2) is 5.16 Å². The van der Waals surface area contributed by atoms with E-state index >= 15 is 0 Å². The van der Waals surface area contributed by atoms with Crippen LogP contribution >= 0.6 is 11.8 Å². The summed E-state index contributed by atoms with van der Waals surface area (Å²) in [5.74, 6) is 1.51. The maximum Gasteiger partial charge on any atom is 0.233 e. The topological polar surface area (TPSA) is 54.3 Å². The molecule has 3 aromatic carbocycles. The third-order valence-electron chi connectivity index (χ3n) is 6.64. The van der Waals surface area contributed by atoms with Gasteiger partial charge in [-0.1, -0.05) is 84.6 Å². The number of nitrogens with zero attached hydrogens (tertiary/aromatic N) is 5. The highest BCUT2D eigenvalue weighted by Crippen LogP contribution is 2.22. The zero-order valence-electron chi connectivity index (χ0n) is 20.1. The summed E-state index contributed by atoms with van der Waals surface area (Å²) < 4.78 is 2.12. The van der Waals surface area contributed by atoms with E-state index in [1.165, 1.54) is 33.7 Å². The first-order chi connectivity index (χ1) is 17.2. The number of fused-ring (bicyclic) bond motifs is 1. The SMILES string of the molecule is CCn1c(Cc2ccccc2)nnc1SCC(=O)N1CCN(Cc2cccc3ccccc23)CC1. The number of carbonyl (C=O) groups is 1. The van der Waals surface area contributed by atoms with Crippen LogP contribution in [0.3, 0.4) is 0 Å². The fourth-order valence-electron chi connectivity index (χ4n) is 4.70. The average molecular weight is 486 g/mol. The lowest BCUT2D eigenvalue weighted by molar-refractivity contribution is -0.130. The van der Waals surface area contributed by atoms with Crippen molar-refractivity contribution in [3.63, 3.8) is 0 Å². The van der Waals surface area contributed by atoms with E-state index in [4.69, 9.17) is 0 Å². The molecule has 1 fully saturated rings. The van der Waals surface area contributed by atoms with Crippen LogP contribution in [0.1, 0.15) is 23.9 Å². The zero-order chi connectivity index (χ0) is 24.0. The summed E-state index contributed by atoms with van der Waals surface area (Å²) >= 11 is 1.49. The molecule has 0 saturated carbocycles. The molecule has 0 radical (unpaired) electrons. The van der Waals surface area contributed by atoms with Gasteiger partial charge in [-0.15, -0.1) is 10.2 Å². The molecule has 1 aromatic heterocycles. The summed E-state index contributed by atoms with van der Waals surface area (Å²) in [4.78, 5) is 17.4. The van der Waals surface area contributed by atoms with Gasteiger partial charge in [-0.3, -0.25) is 9.69 Å². The molecule has 1 aliphatic heterocycles. The summed E-state index contributed by atoms with van der Waals surface area (Å²) in [6.07, 6.45) is 0.745. The molecular formula is C28H31N5OS. The minimum Gasteiger partial charge on any atom is -0.339 e. The Morgan fingerprint density at radius 1 is 0.886 bits per heavy atom. The highest BCUT2D eigenvalue weighted by molar-refractivity contribution is 7.99. The number of piperazine rings is 1. The molecule has 1 aliphatic rings. The smallest absolute Gasteiger partial charge is 0.233 e. The zero-order valence-corrected chi connectivity index (χ0v) is 21.0. The number of hydrogen-bond acceptors (Lipinski definition) is 5. The standard InChI is InChI=1S/C28H31N5OS/c1-2-33-26(19-22-9-4-3-5-10-22)29-30-28(33)35-21-27(34)32-17-15-31(16-18-32)20-24-13-8-12-23-11-6-7-14-25(23)24/h3-14H,2,15-21H2,1H3. The normalized spacial score (nSPS) is 14.5. The Kier molecular flexibility index (Phi) is 7.45. The number of carbonyl (C=O) groups excluding carboxylic acids is 1. The molecular weight excluding hydrogens is 454 g/mol. The van der Waals surface area contributed by atoms with E-state index in [0.29, 0.717) is 5.75 Å². The minimum atomic E-state index is 0.176. The molecule has 0 N–H and O–H groups in total. The minimum absolute atomic E-state index is 0.176. The molecule has 0 spiro atoms. The monoisotopic (exact) mass is 485 g/mol. The van der Waals surface area contributed by atoms with Crippen LogP contribution in [-0.2, 0) is 24.3 Å². The summed E-state index contributed by atoms with van der Waals surface area (Å²) in [6, 6.07) is 25.4. The Morgan fingerprint density at radius 3 is 2.43 bits per heavy atom. The molecule has 1 saturated heterocycles. The first-order valence-corrected chi connectivity index (χ1v) is 13.3. The summed E-state index contributed by atoms with van der Waals surface area (Å²) in [5.41, 5.74) is 2.56. The molecule has 35 heavy (non-hydrogen) atoms. The van der Waals surface area contributed by atoms with Crippen LogP contribution in [0.4, 0.5) is 0 Å². The van der Waals surface area contributed by atoms with Crippen LogP contribution in [0.15, 0.2) is 78.0 Å². The van der Waals surface area contributed by atoms with E-state index in [1.54, 1.807) is 0 Å². The lowest BCUT2D eigenvalue weighted by atomic mass is 10.0. The fourth-order valence-corrected chi connectivity index (χ4v) is 5.62. The van der Waals surface area contributed by atoms with Crippen molar-refractivity contribution in [2.24, 2.45) is 0 Å². The van der Waals surface area contributed by atoms with Crippen molar-refractivity contribution in [3.8, 4) is 0 Å². The predicted octanol–water partition coefficient (Wildman–Crippen LogP) is 4.48. The van der Waals surface area contributed by atoms with Crippen LogP contribution in [0.5, 0.6) is 0 Å². The van der Waals surface area contributed by atoms with Crippen molar-refractivity contribution in [3.05, 3.63) is 89.7 Å². The quantitative estimate of drug-likeness (QED) is 0.345. The van der Waals surface area contributed by atoms with E-state index in [-0.39, 0.29) is 5.91 Å². The van der Waals surface area contributed by atoms with E-state index < -0.39 is 0 Å². The molecule has 0 aliphatic carbocycles. The maximum atomic E-state index is 12.9. The van der Waals surface area contributed by atoms with Crippen LogP contribution in [0.25, 0.3) is 10.8 Å². The van der Waals surface area contributed by atoms with Crippen LogP contribution in [0, 0.1) is 0 Å². The Balaban J connectivity index is 1.14. The molecule has 7 heteroatoms. The third-order valence-corrected chi connectivity index (χ3v) is 7.59. The van der Waals surface area contributed by atoms with E-state index in [2.05, 4.69) is 81.2 Å². The Labute approximate surface area is 211 Å². The number of benzene rings is 3. The first kappa shape index (κ1) is 23.6. The first-order valence-electron chi connectivity index (χ1n) is 12.3. The molecule has 0 unspecified atom stereocenters. The molecule has 2 heterocycles. The van der Waals surface area contributed by atoms with Gasteiger partial charge in [0.2, 0.25) is 5.91 Å². The summed E-state index contributed by atoms with van der Waals surface area (Å²) in [7, 11) is 0. The van der Waals surface area contributed by atoms with E-state index in [0.717, 1.165) is 56.7 Å². The second-order valence-corrected chi connectivity index (χ2v) is 9.83. The molecule has 180 valence electrons. The molecule has 0 atom stereocenters. The molecule has 4 aromatic rings. The Hall–Kier alpha value is -3.16. The second kappa shape index (κ2) is 11.1. The van der Waals surface area contributed by atoms with Crippen LogP contribution < -0.4 is 0 Å². The van der Waals surface area contributed by atoms with Gasteiger partial charge >= 0.3 is 0 Å². The molecule has 0 bridgehead atoms. The highest BCUT2D eigenvalue weighted by Gasteiger charge is 2.22. The number of aromatic nitrogens is 3. The Bertz CT molecular complexity index is 1280. The summed E-state index contributed by atoms with van der Waals surface area (Å²) in [5, 5.41) is 12.2. The number of amides is 1. The van der Waals surface area contributed by atoms with Crippen molar-refractivity contribution in [1.82, 2.24) is 24.6 Å². The van der Waals surface area contributed by atoms with E-state index in [1.807, 2.05) is 23.1 Å². The number of rotatable bonds is 8. The van der Waals surface area contributed by atoms with Crippen molar-refractivity contribution in [1.29, 1.82) is 0 Å². The predicted molar refractivity (Wildman–Crippen MR) is 141 cm³/mol. The van der Waals surface area contributed by atoms with Crippen molar-refractivity contribution < 1.29 is 4.79 Å². The molecule has 6 nitrogen and oxygen atoms in total. The van der Waals surface area contributed by atoms with Gasteiger partial charge in [-0.05, 0) is 28.8 Å². The second-order valence-electron chi connectivity index (χ2n) is 8.89. The van der Waals surface area contributed by atoms with Crippen molar-refractivity contribution in [2.75, 3.05) is 31.9 Å². The van der Waals surface area contributed by atoms with Crippen molar-refractivity contribution >= 4 is 28.4 Å². The van der Waals surface area contributed by atoms with Crippen LogP contribution in [0.2, 0.25) is 0 Å². The lowest BCUT2D eigenvalue weighted by Crippen LogP contribution is -2.48. The average Bonchev–Trinajstić information content (AvgIpc) is 3.29. The third kappa shape index (κ3) is 5.57. The van der Waals surface area contributed by atoms with Gasteiger partial charge in [0, 0.05) is 45.7 Å². The van der Waals surface area contributed by atoms with Gasteiger partial charge in [-0.25, -0.2) is 0 Å². The lowest BCUT2D eigenvalue weighted by Gasteiger charge is -2.35. The van der Waals surface area contributed by atoms with Crippen LogP contribution in [-0.4, -0.2) is 62.4 Å². The number of thioether (sulfide) groups is 1. The van der Waals surface area contributed by atoms with Gasteiger partial charge in [0.1, 0.15) is 5.82 Å². The van der Waals surface area contributed by atoms with Gasteiger partial charge in [-0.2, -0.15) is 0 Å². The highest BCUT2D eigenvalue weighted by atomic mass is 32.2. The summed E-state index contributed by atoms with van der Waals surface area (Å²) in [6.45, 7) is 7.13. The fraction of sp³-hybridized carbons (Fsp3) is 0.321. The maximum absolute atomic E-state index is 12.9. The van der Waals surface area contributed by atoms with Crippen molar-refractivity contribution in [2.45, 2.75) is 31.6 Å². The van der Waals surface area contributed by atoms with Gasteiger partial charge < -0.3 is 9.47 Å². The molecule has 5 rings (SSSR count). The van der Waals surface area contributed by atoms with Gasteiger partial charge in [0.05, 0.1) is 5.75 Å². The largest absolute Gasteiger partial charge is 0.339 e. The Morgan fingerprint density at radius 2 is 1.63 bits per heavy atom. The molecule has 1 amide bonds. The van der Waals surface area contributed by atoms with E-state index in [9.17, 15) is 4.79 Å². The van der Waals surface area contributed by atoms with Gasteiger partial charge in [0.25, 0.3) is 0 Å².